The Morgan fingerprint density at radius 3 is 2.75 bits per heavy atom. The zero-order chi connectivity index (χ0) is 9.14. The van der Waals surface area contributed by atoms with Crippen molar-refractivity contribution in [2.24, 2.45) is 0 Å². The molecule has 0 radical (unpaired) electrons. The summed E-state index contributed by atoms with van der Waals surface area (Å²) in [4.78, 5) is 7.84. The lowest BCUT2D eigenvalue weighted by Crippen LogP contribution is -2.11. The molecule has 0 spiro atoms. The van der Waals surface area contributed by atoms with E-state index in [-0.39, 0.29) is 0 Å². The highest BCUT2D eigenvalue weighted by atomic mass is 79.9. The standard InChI is InChI=1S/C7H9BrClN3/c1-4(2)12-7-5(8)6(9)10-3-11-7/h3-4H,1-2H3,(H,10,11,12). The highest BCUT2D eigenvalue weighted by Crippen LogP contribution is 2.26. The Kier molecular flexibility index (Phi) is 3.29. The van der Waals surface area contributed by atoms with Crippen molar-refractivity contribution >= 4 is 33.3 Å². The lowest BCUT2D eigenvalue weighted by Gasteiger charge is -2.10. The smallest absolute Gasteiger partial charge is 0.148 e. The van der Waals surface area contributed by atoms with Gasteiger partial charge in [0.1, 0.15) is 17.3 Å². The SMILES string of the molecule is CC(C)Nc1ncnc(Cl)c1Br. The summed E-state index contributed by atoms with van der Waals surface area (Å²) in [5.41, 5.74) is 0. The van der Waals surface area contributed by atoms with E-state index in [4.69, 9.17) is 11.6 Å². The number of anilines is 1. The molecule has 0 saturated heterocycles. The Morgan fingerprint density at radius 2 is 2.17 bits per heavy atom. The lowest BCUT2D eigenvalue weighted by atomic mass is 10.4. The van der Waals surface area contributed by atoms with Gasteiger partial charge in [0.15, 0.2) is 0 Å². The molecule has 0 aromatic carbocycles. The van der Waals surface area contributed by atoms with Crippen molar-refractivity contribution in [3.63, 3.8) is 0 Å². The average Bonchev–Trinajstić information content (AvgIpc) is 1.98. The average molecular weight is 251 g/mol. The first kappa shape index (κ1) is 9.74. The zero-order valence-corrected chi connectivity index (χ0v) is 9.15. The van der Waals surface area contributed by atoms with Gasteiger partial charge in [-0.3, -0.25) is 0 Å². The third-order valence-electron chi connectivity index (χ3n) is 1.17. The van der Waals surface area contributed by atoms with Crippen molar-refractivity contribution in [2.45, 2.75) is 19.9 Å². The Labute approximate surface area is 84.7 Å². The van der Waals surface area contributed by atoms with E-state index in [0.29, 0.717) is 15.7 Å². The second-order valence-electron chi connectivity index (χ2n) is 2.63. The van der Waals surface area contributed by atoms with Gasteiger partial charge in [-0.05, 0) is 29.8 Å². The number of nitrogens with zero attached hydrogens (tertiary/aromatic N) is 2. The van der Waals surface area contributed by atoms with Crippen molar-refractivity contribution in [3.8, 4) is 0 Å². The van der Waals surface area contributed by atoms with Crippen molar-refractivity contribution in [3.05, 3.63) is 16.0 Å². The molecule has 0 saturated carbocycles. The fourth-order valence-electron chi connectivity index (χ4n) is 0.722. The maximum absolute atomic E-state index is 5.76. The summed E-state index contributed by atoms with van der Waals surface area (Å²) in [6.07, 6.45) is 1.43. The predicted molar refractivity (Wildman–Crippen MR) is 53.5 cm³/mol. The van der Waals surface area contributed by atoms with Crippen LogP contribution in [-0.2, 0) is 0 Å². The van der Waals surface area contributed by atoms with Gasteiger partial charge in [-0.1, -0.05) is 11.6 Å². The molecule has 0 fully saturated rings. The topological polar surface area (TPSA) is 37.8 Å². The van der Waals surface area contributed by atoms with Crippen LogP contribution in [0.2, 0.25) is 5.15 Å². The van der Waals surface area contributed by atoms with Crippen molar-refractivity contribution in [2.75, 3.05) is 5.32 Å². The van der Waals surface area contributed by atoms with Crippen LogP contribution in [0.4, 0.5) is 5.82 Å². The molecular weight excluding hydrogens is 241 g/mol. The number of halogens is 2. The number of rotatable bonds is 2. The number of aromatic nitrogens is 2. The number of nitrogens with one attached hydrogen (secondary N) is 1. The molecular formula is C7H9BrClN3. The predicted octanol–water partition coefficient (Wildman–Crippen LogP) is 2.71. The molecule has 0 aliphatic carbocycles. The first-order valence-electron chi connectivity index (χ1n) is 3.53. The van der Waals surface area contributed by atoms with Gasteiger partial charge in [0.05, 0.1) is 4.47 Å². The van der Waals surface area contributed by atoms with Crippen molar-refractivity contribution < 1.29 is 0 Å². The molecule has 1 N–H and O–H groups in total. The molecule has 1 rings (SSSR count). The Bertz CT molecular complexity index is 277. The number of hydrogen-bond acceptors (Lipinski definition) is 3. The molecule has 0 aliphatic heterocycles. The van der Waals surface area contributed by atoms with Gasteiger partial charge in [0.25, 0.3) is 0 Å². The first-order valence-corrected chi connectivity index (χ1v) is 4.71. The Balaban J connectivity index is 2.92. The molecule has 0 unspecified atom stereocenters. The molecule has 1 heterocycles. The molecule has 0 aliphatic rings. The minimum atomic E-state index is 0.326. The number of hydrogen-bond donors (Lipinski definition) is 1. The largest absolute Gasteiger partial charge is 0.367 e. The van der Waals surface area contributed by atoms with Gasteiger partial charge in [-0.15, -0.1) is 0 Å². The van der Waals surface area contributed by atoms with Crippen LogP contribution in [0.15, 0.2) is 10.8 Å². The second kappa shape index (κ2) is 4.05. The molecule has 12 heavy (non-hydrogen) atoms. The summed E-state index contributed by atoms with van der Waals surface area (Å²) in [7, 11) is 0. The van der Waals surface area contributed by atoms with Gasteiger partial charge in [0.2, 0.25) is 0 Å². The maximum atomic E-state index is 5.76. The van der Waals surface area contributed by atoms with E-state index in [1.165, 1.54) is 6.33 Å². The van der Waals surface area contributed by atoms with E-state index in [1.807, 2.05) is 13.8 Å². The maximum Gasteiger partial charge on any atom is 0.148 e. The molecule has 66 valence electrons. The third-order valence-corrected chi connectivity index (χ3v) is 2.44. The molecule has 0 amide bonds. The van der Waals surface area contributed by atoms with Crippen LogP contribution in [-0.4, -0.2) is 16.0 Å². The van der Waals surface area contributed by atoms with Gasteiger partial charge in [-0.25, -0.2) is 9.97 Å². The van der Waals surface area contributed by atoms with Crippen LogP contribution in [0.1, 0.15) is 13.8 Å². The van der Waals surface area contributed by atoms with E-state index in [0.717, 1.165) is 5.82 Å². The van der Waals surface area contributed by atoms with E-state index in [9.17, 15) is 0 Å². The summed E-state index contributed by atoms with van der Waals surface area (Å²) in [5, 5.41) is 3.56. The van der Waals surface area contributed by atoms with Gasteiger partial charge < -0.3 is 5.32 Å². The molecule has 3 nitrogen and oxygen atoms in total. The van der Waals surface area contributed by atoms with E-state index >= 15 is 0 Å². The molecule has 1 aromatic rings. The van der Waals surface area contributed by atoms with Crippen molar-refractivity contribution in [1.29, 1.82) is 0 Å². The summed E-state index contributed by atoms with van der Waals surface area (Å²) < 4.78 is 0.709. The van der Waals surface area contributed by atoms with Gasteiger partial charge >= 0.3 is 0 Å². The normalized spacial score (nSPS) is 10.4. The minimum absolute atomic E-state index is 0.326. The van der Waals surface area contributed by atoms with Gasteiger partial charge in [0, 0.05) is 6.04 Å². The second-order valence-corrected chi connectivity index (χ2v) is 3.78. The highest BCUT2D eigenvalue weighted by Gasteiger charge is 2.06. The highest BCUT2D eigenvalue weighted by molar-refractivity contribution is 9.10. The summed E-state index contributed by atoms with van der Waals surface area (Å²) in [6, 6.07) is 0.326. The van der Waals surface area contributed by atoms with Crippen LogP contribution in [0, 0.1) is 0 Å². The summed E-state index contributed by atoms with van der Waals surface area (Å²) in [6.45, 7) is 4.06. The van der Waals surface area contributed by atoms with E-state index < -0.39 is 0 Å². The summed E-state index contributed by atoms with van der Waals surface area (Å²) >= 11 is 9.05. The van der Waals surface area contributed by atoms with E-state index in [2.05, 4.69) is 31.2 Å². The Hall–Kier alpha value is -0.350. The van der Waals surface area contributed by atoms with Crippen LogP contribution in [0.3, 0.4) is 0 Å². The zero-order valence-electron chi connectivity index (χ0n) is 6.81. The van der Waals surface area contributed by atoms with Crippen LogP contribution in [0.25, 0.3) is 0 Å². The molecule has 0 bridgehead atoms. The molecule has 1 aromatic heterocycles. The minimum Gasteiger partial charge on any atom is -0.367 e. The fourth-order valence-corrected chi connectivity index (χ4v) is 1.17. The molecule has 5 heteroatoms. The van der Waals surface area contributed by atoms with Gasteiger partial charge in [-0.2, -0.15) is 0 Å². The van der Waals surface area contributed by atoms with Crippen LogP contribution >= 0.6 is 27.5 Å². The van der Waals surface area contributed by atoms with Crippen LogP contribution < -0.4 is 5.32 Å². The first-order chi connectivity index (χ1) is 5.61. The van der Waals surface area contributed by atoms with Crippen molar-refractivity contribution in [1.82, 2.24) is 9.97 Å². The summed E-state index contributed by atoms with van der Waals surface area (Å²) in [5.74, 6) is 0.727. The van der Waals surface area contributed by atoms with E-state index in [1.54, 1.807) is 0 Å². The quantitative estimate of drug-likeness (QED) is 0.820. The van der Waals surface area contributed by atoms with Crippen LogP contribution in [0.5, 0.6) is 0 Å². The third kappa shape index (κ3) is 2.32. The lowest BCUT2D eigenvalue weighted by molar-refractivity contribution is 0.884. The monoisotopic (exact) mass is 249 g/mol. The molecule has 0 atom stereocenters. The fraction of sp³-hybridized carbons (Fsp3) is 0.429. The Morgan fingerprint density at radius 1 is 1.50 bits per heavy atom.